The number of fused-ring (bicyclic) bond motifs is 2. The first-order valence-corrected chi connectivity index (χ1v) is 8.08. The number of terminal acetylenes is 2. The van der Waals surface area contributed by atoms with Crippen molar-refractivity contribution >= 4 is 21.5 Å². The minimum absolute atomic E-state index is 0.0700. The Balaban J connectivity index is 2.22. The first kappa shape index (κ1) is 15.6. The van der Waals surface area contributed by atoms with E-state index in [9.17, 15) is 10.2 Å². The van der Waals surface area contributed by atoms with Crippen LogP contribution in [-0.4, -0.2) is 10.2 Å². The van der Waals surface area contributed by atoms with Crippen molar-refractivity contribution in [3.05, 3.63) is 71.8 Å². The van der Waals surface area contributed by atoms with Gasteiger partial charge in [-0.25, -0.2) is 0 Å². The largest absolute Gasteiger partial charge is 0.507 e. The summed E-state index contributed by atoms with van der Waals surface area (Å²) in [6, 6.07) is 17.9. The van der Waals surface area contributed by atoms with Crippen molar-refractivity contribution in [1.29, 1.82) is 0 Å². The van der Waals surface area contributed by atoms with Crippen LogP contribution in [0, 0.1) is 24.7 Å². The van der Waals surface area contributed by atoms with E-state index in [0.717, 1.165) is 32.7 Å². The van der Waals surface area contributed by atoms with Gasteiger partial charge in [-0.2, -0.15) is 0 Å². The Morgan fingerprint density at radius 1 is 0.538 bits per heavy atom. The Morgan fingerprint density at radius 2 is 0.962 bits per heavy atom. The van der Waals surface area contributed by atoms with Crippen LogP contribution in [0.3, 0.4) is 0 Å². The fourth-order valence-electron chi connectivity index (χ4n) is 3.47. The molecule has 0 radical (unpaired) electrons. The molecule has 0 aliphatic carbocycles. The van der Waals surface area contributed by atoms with Crippen molar-refractivity contribution in [2.24, 2.45) is 0 Å². The number of hydrogen-bond donors (Lipinski definition) is 2. The van der Waals surface area contributed by atoms with E-state index in [0.29, 0.717) is 11.1 Å². The van der Waals surface area contributed by atoms with Crippen LogP contribution < -0.4 is 0 Å². The van der Waals surface area contributed by atoms with E-state index < -0.39 is 0 Å². The molecule has 0 aliphatic heterocycles. The topological polar surface area (TPSA) is 40.5 Å². The van der Waals surface area contributed by atoms with Gasteiger partial charge in [-0.05, 0) is 57.9 Å². The zero-order valence-corrected chi connectivity index (χ0v) is 13.8. The molecule has 0 amide bonds. The van der Waals surface area contributed by atoms with Crippen LogP contribution in [0.4, 0.5) is 0 Å². The highest BCUT2D eigenvalue weighted by Crippen LogP contribution is 2.45. The molecule has 0 saturated heterocycles. The Kier molecular flexibility index (Phi) is 3.54. The molecule has 2 nitrogen and oxygen atoms in total. The molecule has 4 rings (SSSR count). The summed E-state index contributed by atoms with van der Waals surface area (Å²) in [5.74, 6) is 5.47. The van der Waals surface area contributed by atoms with Gasteiger partial charge >= 0.3 is 0 Å². The Hall–Kier alpha value is -3.88. The van der Waals surface area contributed by atoms with Gasteiger partial charge in [0.15, 0.2) is 0 Å². The van der Waals surface area contributed by atoms with Crippen molar-refractivity contribution in [2.45, 2.75) is 0 Å². The standard InChI is InChI=1S/C24H14O2/c1-3-15-7-5-9-19-17(15)11-13-21(25)23(19)24-20-10-6-8-16(4-2)18(20)12-14-22(24)26/h1-2,5-14,25-26H. The average molecular weight is 334 g/mol. The molecular formula is C24H14O2. The lowest BCUT2D eigenvalue weighted by molar-refractivity contribution is 0.470. The zero-order valence-electron chi connectivity index (χ0n) is 13.8. The van der Waals surface area contributed by atoms with Crippen LogP contribution in [-0.2, 0) is 0 Å². The van der Waals surface area contributed by atoms with Gasteiger partial charge in [-0.3, -0.25) is 0 Å². The summed E-state index contributed by atoms with van der Waals surface area (Å²) in [5, 5.41) is 24.5. The monoisotopic (exact) mass is 334 g/mol. The number of aromatic hydroxyl groups is 2. The Labute approximate surface area is 151 Å². The average Bonchev–Trinajstić information content (AvgIpc) is 2.67. The molecule has 2 N–H and O–H groups in total. The second-order valence-corrected chi connectivity index (χ2v) is 6.01. The lowest BCUT2D eigenvalue weighted by Crippen LogP contribution is -1.89. The molecule has 0 atom stereocenters. The number of hydrogen-bond acceptors (Lipinski definition) is 2. The molecule has 0 bridgehead atoms. The van der Waals surface area contributed by atoms with Gasteiger partial charge in [0, 0.05) is 22.3 Å². The van der Waals surface area contributed by atoms with Crippen molar-refractivity contribution < 1.29 is 10.2 Å². The van der Waals surface area contributed by atoms with Gasteiger partial charge in [-0.1, -0.05) is 36.1 Å². The van der Waals surface area contributed by atoms with Gasteiger partial charge < -0.3 is 10.2 Å². The summed E-state index contributed by atoms with van der Waals surface area (Å²) < 4.78 is 0. The number of benzene rings is 4. The summed E-state index contributed by atoms with van der Waals surface area (Å²) in [4.78, 5) is 0. The van der Waals surface area contributed by atoms with Crippen LogP contribution in [0.1, 0.15) is 11.1 Å². The van der Waals surface area contributed by atoms with Crippen molar-refractivity contribution in [3.63, 3.8) is 0 Å². The van der Waals surface area contributed by atoms with Crippen molar-refractivity contribution in [3.8, 4) is 47.3 Å². The predicted molar refractivity (Wildman–Crippen MR) is 106 cm³/mol. The lowest BCUT2D eigenvalue weighted by atomic mass is 9.90. The van der Waals surface area contributed by atoms with Crippen molar-refractivity contribution in [1.82, 2.24) is 0 Å². The van der Waals surface area contributed by atoms with E-state index >= 15 is 0 Å². The number of phenols is 2. The molecule has 26 heavy (non-hydrogen) atoms. The molecule has 0 fully saturated rings. The van der Waals surface area contributed by atoms with Crippen LogP contribution in [0.2, 0.25) is 0 Å². The second-order valence-electron chi connectivity index (χ2n) is 6.01. The maximum Gasteiger partial charge on any atom is 0.124 e. The highest BCUT2D eigenvalue weighted by atomic mass is 16.3. The maximum atomic E-state index is 10.6. The smallest absolute Gasteiger partial charge is 0.124 e. The van der Waals surface area contributed by atoms with Gasteiger partial charge in [0.05, 0.1) is 0 Å². The first-order chi connectivity index (χ1) is 12.7. The van der Waals surface area contributed by atoms with Crippen molar-refractivity contribution in [2.75, 3.05) is 0 Å². The minimum Gasteiger partial charge on any atom is -0.507 e. The van der Waals surface area contributed by atoms with Gasteiger partial charge in [0.1, 0.15) is 11.5 Å². The molecule has 0 aromatic heterocycles. The van der Waals surface area contributed by atoms with Crippen LogP contribution in [0.15, 0.2) is 60.7 Å². The highest BCUT2D eigenvalue weighted by Gasteiger charge is 2.18. The second kappa shape index (κ2) is 5.88. The van der Waals surface area contributed by atoms with E-state index in [1.165, 1.54) is 0 Å². The maximum absolute atomic E-state index is 10.6. The van der Waals surface area contributed by atoms with Gasteiger partial charge in [0.2, 0.25) is 0 Å². The molecule has 0 spiro atoms. The first-order valence-electron chi connectivity index (χ1n) is 8.08. The summed E-state index contributed by atoms with van der Waals surface area (Å²) in [7, 11) is 0. The molecular weight excluding hydrogens is 320 g/mol. The van der Waals surface area contributed by atoms with E-state index in [1.807, 2.05) is 36.4 Å². The summed E-state index contributed by atoms with van der Waals surface area (Å²) in [5.41, 5.74) is 2.54. The predicted octanol–water partition coefficient (Wildman–Crippen LogP) is 5.03. The third-order valence-electron chi connectivity index (χ3n) is 4.64. The molecule has 122 valence electrons. The third-order valence-corrected chi connectivity index (χ3v) is 4.64. The Bertz CT molecular complexity index is 1170. The normalized spacial score (nSPS) is 10.5. The van der Waals surface area contributed by atoms with Crippen LogP contribution in [0.5, 0.6) is 11.5 Å². The molecule has 4 aromatic rings. The van der Waals surface area contributed by atoms with Gasteiger partial charge in [-0.15, -0.1) is 12.8 Å². The zero-order chi connectivity index (χ0) is 18.3. The molecule has 0 aliphatic rings. The van der Waals surface area contributed by atoms with E-state index in [2.05, 4.69) is 11.8 Å². The minimum atomic E-state index is 0.0700. The fourth-order valence-corrected chi connectivity index (χ4v) is 3.47. The molecule has 4 aromatic carbocycles. The summed E-state index contributed by atoms with van der Waals surface area (Å²) in [6.07, 6.45) is 11.2. The van der Waals surface area contributed by atoms with E-state index in [-0.39, 0.29) is 11.5 Å². The van der Waals surface area contributed by atoms with Crippen LogP contribution >= 0.6 is 0 Å². The molecule has 0 unspecified atom stereocenters. The van der Waals surface area contributed by atoms with Gasteiger partial charge in [0.25, 0.3) is 0 Å². The van der Waals surface area contributed by atoms with E-state index in [1.54, 1.807) is 24.3 Å². The number of rotatable bonds is 1. The third kappa shape index (κ3) is 2.18. The summed E-state index contributed by atoms with van der Waals surface area (Å²) in [6.45, 7) is 0. The fraction of sp³-hybridized carbons (Fsp3) is 0. The Morgan fingerprint density at radius 3 is 1.35 bits per heavy atom. The van der Waals surface area contributed by atoms with Crippen LogP contribution in [0.25, 0.3) is 32.7 Å². The lowest BCUT2D eigenvalue weighted by Gasteiger charge is -2.15. The molecule has 2 heteroatoms. The number of phenolic OH excluding ortho intramolecular Hbond substituents is 2. The highest BCUT2D eigenvalue weighted by molar-refractivity contribution is 6.11. The van der Waals surface area contributed by atoms with E-state index in [4.69, 9.17) is 12.8 Å². The quantitative estimate of drug-likeness (QED) is 0.479. The molecule has 0 heterocycles. The SMILES string of the molecule is C#Cc1cccc2c(-c3c(O)ccc4c(C#C)cccc34)c(O)ccc12. The molecule has 0 saturated carbocycles. The summed E-state index contributed by atoms with van der Waals surface area (Å²) >= 11 is 0.